The first-order valence-corrected chi connectivity index (χ1v) is 7.72. The molecule has 1 aromatic carbocycles. The minimum Gasteiger partial charge on any atom is -0.396 e. The van der Waals surface area contributed by atoms with Gasteiger partial charge in [-0.15, -0.1) is 0 Å². The van der Waals surface area contributed by atoms with Gasteiger partial charge in [-0.25, -0.2) is 12.8 Å². The molecule has 6 nitrogen and oxygen atoms in total. The summed E-state index contributed by atoms with van der Waals surface area (Å²) in [5.41, 5.74) is 4.98. The van der Waals surface area contributed by atoms with Crippen molar-refractivity contribution in [2.45, 2.75) is 23.8 Å². The molecule has 1 fully saturated rings. The van der Waals surface area contributed by atoms with E-state index in [1.54, 1.807) is 0 Å². The molecule has 0 radical (unpaired) electrons. The molecule has 20 heavy (non-hydrogen) atoms. The van der Waals surface area contributed by atoms with Crippen LogP contribution in [0.4, 0.5) is 10.1 Å². The number of nitrogens with two attached hydrogens (primary N) is 1. The number of nitrogen functional groups attached to an aromatic ring is 1. The van der Waals surface area contributed by atoms with Gasteiger partial charge in [-0.1, -0.05) is 11.6 Å². The maximum absolute atomic E-state index is 13.8. The molecule has 1 aromatic rings. The highest BCUT2D eigenvalue weighted by molar-refractivity contribution is 7.89. The summed E-state index contributed by atoms with van der Waals surface area (Å²) in [5, 5.41) is 2.53. The predicted octanol–water partition coefficient (Wildman–Crippen LogP) is 0.618. The Hall–Kier alpha value is -1.38. The molecule has 1 aliphatic heterocycles. The Bertz CT molecular complexity index is 651. The maximum Gasteiger partial charge on any atom is 0.244 e. The molecule has 1 aliphatic rings. The molecule has 1 atom stereocenters. The summed E-state index contributed by atoms with van der Waals surface area (Å²) in [7, 11) is -4.22. The van der Waals surface area contributed by atoms with Crippen LogP contribution < -0.4 is 15.8 Å². The van der Waals surface area contributed by atoms with E-state index in [-0.39, 0.29) is 10.7 Å². The number of halogens is 2. The van der Waals surface area contributed by atoms with Gasteiger partial charge < -0.3 is 11.1 Å². The predicted molar refractivity (Wildman–Crippen MR) is 72.2 cm³/mol. The summed E-state index contributed by atoms with van der Waals surface area (Å²) in [6, 6.07) is 1.15. The van der Waals surface area contributed by atoms with Crippen LogP contribution in [-0.2, 0) is 14.8 Å². The standard InChI is InChI=1S/C11H13ClFN3O3S/c12-6-4-7(14)10(13)9(5-6)20(18,19)16-8-2-1-3-15-11(8)17/h4-5,8,16H,1-3,14H2,(H,15,17). The van der Waals surface area contributed by atoms with Crippen molar-refractivity contribution in [2.24, 2.45) is 0 Å². The minimum absolute atomic E-state index is 0.00243. The van der Waals surface area contributed by atoms with E-state index in [0.717, 1.165) is 12.1 Å². The van der Waals surface area contributed by atoms with Crippen molar-refractivity contribution in [3.8, 4) is 0 Å². The molecule has 9 heteroatoms. The van der Waals surface area contributed by atoms with Gasteiger partial charge in [0.25, 0.3) is 0 Å². The number of carbonyl (C=O) groups excluding carboxylic acids is 1. The molecule has 0 aromatic heterocycles. The Morgan fingerprint density at radius 3 is 2.80 bits per heavy atom. The number of rotatable bonds is 3. The summed E-state index contributed by atoms with van der Waals surface area (Å²) in [6.07, 6.45) is 0.988. The first-order chi connectivity index (χ1) is 9.31. The van der Waals surface area contributed by atoms with E-state index in [2.05, 4.69) is 10.0 Å². The van der Waals surface area contributed by atoms with Gasteiger partial charge in [0.2, 0.25) is 15.9 Å². The zero-order chi connectivity index (χ0) is 14.9. The highest BCUT2D eigenvalue weighted by Gasteiger charge is 2.30. The van der Waals surface area contributed by atoms with Crippen LogP contribution in [0.1, 0.15) is 12.8 Å². The third kappa shape index (κ3) is 3.02. The maximum atomic E-state index is 13.8. The van der Waals surface area contributed by atoms with E-state index in [0.29, 0.717) is 19.4 Å². The highest BCUT2D eigenvalue weighted by Crippen LogP contribution is 2.25. The second-order valence-electron chi connectivity index (χ2n) is 4.41. The number of piperidine rings is 1. The number of nitrogens with one attached hydrogen (secondary N) is 2. The quantitative estimate of drug-likeness (QED) is 0.710. The van der Waals surface area contributed by atoms with Gasteiger partial charge in [-0.05, 0) is 25.0 Å². The molecule has 2 rings (SSSR count). The van der Waals surface area contributed by atoms with Gasteiger partial charge in [0, 0.05) is 11.6 Å². The Balaban J connectivity index is 2.33. The van der Waals surface area contributed by atoms with Gasteiger partial charge in [0.15, 0.2) is 5.82 Å². The largest absolute Gasteiger partial charge is 0.396 e. The molecule has 0 spiro atoms. The highest BCUT2D eigenvalue weighted by atomic mass is 35.5. The molecule has 1 saturated heterocycles. The lowest BCUT2D eigenvalue weighted by Gasteiger charge is -2.22. The Kier molecular flexibility index (Phi) is 4.17. The van der Waals surface area contributed by atoms with Crippen molar-refractivity contribution in [3.63, 3.8) is 0 Å². The average Bonchev–Trinajstić information content (AvgIpc) is 2.36. The van der Waals surface area contributed by atoms with Gasteiger partial charge in [-0.2, -0.15) is 4.72 Å². The van der Waals surface area contributed by atoms with Crippen LogP contribution in [-0.4, -0.2) is 26.9 Å². The molecular weight excluding hydrogens is 309 g/mol. The summed E-state index contributed by atoms with van der Waals surface area (Å²) < 4.78 is 40.2. The molecule has 1 unspecified atom stereocenters. The summed E-state index contributed by atoms with van der Waals surface area (Å²) >= 11 is 5.68. The number of sulfonamides is 1. The van der Waals surface area contributed by atoms with Crippen LogP contribution in [0, 0.1) is 5.82 Å². The number of hydrogen-bond acceptors (Lipinski definition) is 4. The third-order valence-electron chi connectivity index (χ3n) is 2.90. The van der Waals surface area contributed by atoms with Crippen molar-refractivity contribution in [1.29, 1.82) is 0 Å². The van der Waals surface area contributed by atoms with Crippen molar-refractivity contribution in [2.75, 3.05) is 12.3 Å². The lowest BCUT2D eigenvalue weighted by molar-refractivity contribution is -0.124. The summed E-state index contributed by atoms with van der Waals surface area (Å²) in [6.45, 7) is 0.496. The molecule has 1 amide bonds. The molecule has 0 aliphatic carbocycles. The number of hydrogen-bond donors (Lipinski definition) is 3. The SMILES string of the molecule is Nc1cc(Cl)cc(S(=O)(=O)NC2CCCNC2=O)c1F. The topological polar surface area (TPSA) is 101 Å². The van der Waals surface area contributed by atoms with Crippen LogP contribution in [0.5, 0.6) is 0 Å². The van der Waals surface area contributed by atoms with Crippen molar-refractivity contribution >= 4 is 33.2 Å². The fourth-order valence-electron chi connectivity index (χ4n) is 1.92. The van der Waals surface area contributed by atoms with Crippen molar-refractivity contribution in [1.82, 2.24) is 10.0 Å². The van der Waals surface area contributed by atoms with Gasteiger partial charge in [-0.3, -0.25) is 4.79 Å². The smallest absolute Gasteiger partial charge is 0.244 e. The Morgan fingerprint density at radius 1 is 1.45 bits per heavy atom. The fourth-order valence-corrected chi connectivity index (χ4v) is 3.57. The molecule has 0 saturated carbocycles. The molecule has 1 heterocycles. The van der Waals surface area contributed by atoms with E-state index < -0.39 is 32.7 Å². The van der Waals surface area contributed by atoms with E-state index >= 15 is 0 Å². The second-order valence-corrected chi connectivity index (χ2v) is 6.53. The Morgan fingerprint density at radius 2 is 2.15 bits per heavy atom. The van der Waals surface area contributed by atoms with Crippen molar-refractivity contribution in [3.05, 3.63) is 23.0 Å². The average molecular weight is 322 g/mol. The molecule has 110 valence electrons. The number of benzene rings is 1. The minimum atomic E-state index is -4.22. The van der Waals surface area contributed by atoms with Gasteiger partial charge in [0.1, 0.15) is 10.9 Å². The normalized spacial score (nSPS) is 19.7. The Labute approximate surface area is 120 Å². The van der Waals surface area contributed by atoms with E-state index in [4.69, 9.17) is 17.3 Å². The van der Waals surface area contributed by atoms with Gasteiger partial charge in [0.05, 0.1) is 5.69 Å². The van der Waals surface area contributed by atoms with Crippen LogP contribution in [0.2, 0.25) is 5.02 Å². The van der Waals surface area contributed by atoms with Crippen molar-refractivity contribution < 1.29 is 17.6 Å². The van der Waals surface area contributed by atoms with Crippen LogP contribution in [0.15, 0.2) is 17.0 Å². The van der Waals surface area contributed by atoms with Gasteiger partial charge >= 0.3 is 0 Å². The number of amides is 1. The monoisotopic (exact) mass is 321 g/mol. The zero-order valence-corrected chi connectivity index (χ0v) is 11.9. The van der Waals surface area contributed by atoms with E-state index in [1.807, 2.05) is 0 Å². The number of carbonyl (C=O) groups is 1. The van der Waals surface area contributed by atoms with E-state index in [9.17, 15) is 17.6 Å². The van der Waals surface area contributed by atoms with Crippen LogP contribution in [0.3, 0.4) is 0 Å². The molecule has 0 bridgehead atoms. The first-order valence-electron chi connectivity index (χ1n) is 5.86. The third-order valence-corrected chi connectivity index (χ3v) is 4.59. The molecular formula is C11H13ClFN3O3S. The second kappa shape index (κ2) is 5.55. The van der Waals surface area contributed by atoms with Crippen LogP contribution >= 0.6 is 11.6 Å². The summed E-state index contributed by atoms with van der Waals surface area (Å²) in [4.78, 5) is 10.9. The van der Waals surface area contributed by atoms with E-state index in [1.165, 1.54) is 0 Å². The fraction of sp³-hybridized carbons (Fsp3) is 0.364. The lowest BCUT2D eigenvalue weighted by atomic mass is 10.1. The first kappa shape index (κ1) is 15.0. The molecule has 4 N–H and O–H groups in total. The number of anilines is 1. The summed E-state index contributed by atoms with van der Waals surface area (Å²) in [5.74, 6) is -1.52. The zero-order valence-electron chi connectivity index (χ0n) is 10.3. The lowest BCUT2D eigenvalue weighted by Crippen LogP contribution is -2.50. The van der Waals surface area contributed by atoms with Crippen LogP contribution in [0.25, 0.3) is 0 Å².